The molecule has 0 bridgehead atoms. The fraction of sp³-hybridized carbons (Fsp3) is 0.350. The van der Waals surface area contributed by atoms with Gasteiger partial charge in [-0.2, -0.15) is 0 Å². The zero-order valence-corrected chi connectivity index (χ0v) is 14.7. The van der Waals surface area contributed by atoms with E-state index in [0.29, 0.717) is 29.6 Å². The van der Waals surface area contributed by atoms with Crippen LogP contribution in [0.1, 0.15) is 36.7 Å². The maximum absolute atomic E-state index is 12.3. The smallest absolute Gasteiger partial charge is 0.251 e. The van der Waals surface area contributed by atoms with E-state index in [4.69, 9.17) is 9.47 Å². The largest absolute Gasteiger partial charge is 0.493 e. The Morgan fingerprint density at radius 1 is 1.04 bits per heavy atom. The lowest BCUT2D eigenvalue weighted by atomic mass is 10.1. The molecule has 0 aromatic heterocycles. The summed E-state index contributed by atoms with van der Waals surface area (Å²) in [6.45, 7) is 6.60. The number of benzene rings is 2. The Bertz CT molecular complexity index is 668. The van der Waals surface area contributed by atoms with Crippen LogP contribution in [-0.2, 0) is 6.61 Å². The molecule has 0 saturated carbocycles. The average molecular weight is 327 g/mol. The molecule has 0 aliphatic carbocycles. The van der Waals surface area contributed by atoms with Gasteiger partial charge in [-0.05, 0) is 36.6 Å². The van der Waals surface area contributed by atoms with Gasteiger partial charge in [0.05, 0.1) is 7.11 Å². The first-order valence-corrected chi connectivity index (χ1v) is 8.17. The van der Waals surface area contributed by atoms with Gasteiger partial charge in [-0.15, -0.1) is 0 Å². The summed E-state index contributed by atoms with van der Waals surface area (Å²) in [6.07, 6.45) is 0. The van der Waals surface area contributed by atoms with Crippen LogP contribution in [0.2, 0.25) is 0 Å². The zero-order chi connectivity index (χ0) is 17.5. The molecule has 1 N–H and O–H groups in total. The SMILES string of the molecule is COc1cc(C(=O)N[C@H](C)C(C)C)ccc1OCc1ccccc1. The van der Waals surface area contributed by atoms with Crippen LogP contribution in [0.25, 0.3) is 0 Å². The molecule has 4 heteroatoms. The van der Waals surface area contributed by atoms with E-state index in [1.165, 1.54) is 0 Å². The predicted molar refractivity (Wildman–Crippen MR) is 95.5 cm³/mol. The van der Waals surface area contributed by atoms with E-state index in [1.54, 1.807) is 25.3 Å². The summed E-state index contributed by atoms with van der Waals surface area (Å²) in [5, 5.41) is 2.99. The molecular formula is C20H25NO3. The number of hydrogen-bond donors (Lipinski definition) is 1. The van der Waals surface area contributed by atoms with Gasteiger partial charge in [-0.25, -0.2) is 0 Å². The number of hydrogen-bond acceptors (Lipinski definition) is 3. The van der Waals surface area contributed by atoms with Crippen LogP contribution in [0.3, 0.4) is 0 Å². The highest BCUT2D eigenvalue weighted by molar-refractivity contribution is 5.95. The summed E-state index contributed by atoms with van der Waals surface area (Å²) in [7, 11) is 1.57. The molecule has 0 spiro atoms. The lowest BCUT2D eigenvalue weighted by Crippen LogP contribution is -2.36. The van der Waals surface area contributed by atoms with E-state index in [0.717, 1.165) is 5.56 Å². The molecule has 0 unspecified atom stereocenters. The molecule has 2 rings (SSSR count). The molecule has 2 aromatic rings. The van der Waals surface area contributed by atoms with E-state index in [1.807, 2.05) is 37.3 Å². The molecule has 0 aliphatic heterocycles. The van der Waals surface area contributed by atoms with Crippen molar-refractivity contribution in [3.63, 3.8) is 0 Å². The average Bonchev–Trinajstić information content (AvgIpc) is 2.60. The van der Waals surface area contributed by atoms with Gasteiger partial charge in [0.1, 0.15) is 6.61 Å². The van der Waals surface area contributed by atoms with E-state index in [-0.39, 0.29) is 11.9 Å². The summed E-state index contributed by atoms with van der Waals surface area (Å²) in [6, 6.07) is 15.3. The quantitative estimate of drug-likeness (QED) is 0.834. The van der Waals surface area contributed by atoms with Gasteiger partial charge in [0, 0.05) is 11.6 Å². The highest BCUT2D eigenvalue weighted by Gasteiger charge is 2.15. The minimum atomic E-state index is -0.107. The van der Waals surface area contributed by atoms with Gasteiger partial charge in [0.15, 0.2) is 11.5 Å². The first-order valence-electron chi connectivity index (χ1n) is 8.17. The molecule has 2 aromatic carbocycles. The molecule has 24 heavy (non-hydrogen) atoms. The van der Waals surface area contributed by atoms with Crippen molar-refractivity contribution in [2.24, 2.45) is 5.92 Å². The summed E-state index contributed by atoms with van der Waals surface area (Å²) >= 11 is 0. The molecule has 0 saturated heterocycles. The second-order valence-electron chi connectivity index (χ2n) is 6.15. The third-order valence-electron chi connectivity index (χ3n) is 4.02. The van der Waals surface area contributed by atoms with Crippen molar-refractivity contribution in [2.45, 2.75) is 33.4 Å². The Hall–Kier alpha value is -2.49. The number of methoxy groups -OCH3 is 1. The fourth-order valence-electron chi connectivity index (χ4n) is 2.12. The van der Waals surface area contributed by atoms with Gasteiger partial charge in [-0.1, -0.05) is 44.2 Å². The van der Waals surface area contributed by atoms with Crippen LogP contribution in [0, 0.1) is 5.92 Å². The third-order valence-corrected chi connectivity index (χ3v) is 4.02. The van der Waals surface area contributed by atoms with Crippen molar-refractivity contribution in [1.29, 1.82) is 0 Å². The van der Waals surface area contributed by atoms with Crippen molar-refractivity contribution in [1.82, 2.24) is 5.32 Å². The normalized spacial score (nSPS) is 11.9. The second-order valence-corrected chi connectivity index (χ2v) is 6.15. The van der Waals surface area contributed by atoms with Crippen LogP contribution >= 0.6 is 0 Å². The molecule has 0 radical (unpaired) electrons. The van der Waals surface area contributed by atoms with Gasteiger partial charge in [0.2, 0.25) is 0 Å². The van der Waals surface area contributed by atoms with Crippen LogP contribution < -0.4 is 14.8 Å². The zero-order valence-electron chi connectivity index (χ0n) is 14.7. The van der Waals surface area contributed by atoms with E-state index < -0.39 is 0 Å². The number of amides is 1. The van der Waals surface area contributed by atoms with Crippen molar-refractivity contribution in [3.05, 3.63) is 59.7 Å². The number of nitrogens with one attached hydrogen (secondary N) is 1. The summed E-state index contributed by atoms with van der Waals surface area (Å²) in [5.41, 5.74) is 1.64. The maximum Gasteiger partial charge on any atom is 0.251 e. The topological polar surface area (TPSA) is 47.6 Å². The Kier molecular flexibility index (Phi) is 6.24. The maximum atomic E-state index is 12.3. The van der Waals surface area contributed by atoms with E-state index in [2.05, 4.69) is 19.2 Å². The van der Waals surface area contributed by atoms with Crippen LogP contribution in [-0.4, -0.2) is 19.1 Å². The van der Waals surface area contributed by atoms with Gasteiger partial charge in [-0.3, -0.25) is 4.79 Å². The Balaban J connectivity index is 2.08. The molecular weight excluding hydrogens is 302 g/mol. The van der Waals surface area contributed by atoms with Crippen molar-refractivity contribution in [2.75, 3.05) is 7.11 Å². The fourth-order valence-corrected chi connectivity index (χ4v) is 2.12. The lowest BCUT2D eigenvalue weighted by Gasteiger charge is -2.18. The molecule has 4 nitrogen and oxygen atoms in total. The number of ether oxygens (including phenoxy) is 2. The van der Waals surface area contributed by atoms with Crippen LogP contribution in [0.15, 0.2) is 48.5 Å². The highest BCUT2D eigenvalue weighted by Crippen LogP contribution is 2.29. The van der Waals surface area contributed by atoms with E-state index >= 15 is 0 Å². The van der Waals surface area contributed by atoms with Gasteiger partial charge < -0.3 is 14.8 Å². The lowest BCUT2D eigenvalue weighted by molar-refractivity contribution is 0.0930. The Labute approximate surface area is 143 Å². The van der Waals surface area contributed by atoms with Crippen LogP contribution in [0.5, 0.6) is 11.5 Å². The van der Waals surface area contributed by atoms with Crippen molar-refractivity contribution >= 4 is 5.91 Å². The van der Waals surface area contributed by atoms with Gasteiger partial charge >= 0.3 is 0 Å². The minimum absolute atomic E-state index is 0.107. The van der Waals surface area contributed by atoms with Gasteiger partial charge in [0.25, 0.3) is 5.91 Å². The molecule has 128 valence electrons. The first-order chi connectivity index (χ1) is 11.5. The second kappa shape index (κ2) is 8.39. The molecule has 0 heterocycles. The molecule has 1 atom stereocenters. The number of carbonyl (C=O) groups excluding carboxylic acids is 1. The Morgan fingerprint density at radius 2 is 1.75 bits per heavy atom. The predicted octanol–water partition coefficient (Wildman–Crippen LogP) is 4.05. The minimum Gasteiger partial charge on any atom is -0.493 e. The van der Waals surface area contributed by atoms with Crippen molar-refractivity contribution < 1.29 is 14.3 Å². The van der Waals surface area contributed by atoms with Crippen molar-refractivity contribution in [3.8, 4) is 11.5 Å². The van der Waals surface area contributed by atoms with E-state index in [9.17, 15) is 4.79 Å². The van der Waals surface area contributed by atoms with Crippen LogP contribution in [0.4, 0.5) is 0 Å². The third kappa shape index (κ3) is 4.75. The molecule has 0 aliphatic rings. The molecule has 1 amide bonds. The number of carbonyl (C=O) groups is 1. The summed E-state index contributed by atoms with van der Waals surface area (Å²) in [5.74, 6) is 1.44. The standard InChI is InChI=1S/C20H25NO3/c1-14(2)15(3)21-20(22)17-10-11-18(19(12-17)23-4)24-13-16-8-6-5-7-9-16/h5-12,14-15H,13H2,1-4H3,(H,21,22)/t15-/m1/s1. The highest BCUT2D eigenvalue weighted by atomic mass is 16.5. The monoisotopic (exact) mass is 327 g/mol. The summed E-state index contributed by atoms with van der Waals surface area (Å²) < 4.78 is 11.2. The first kappa shape index (κ1) is 17.9. The molecule has 0 fully saturated rings. The number of rotatable bonds is 7. The Morgan fingerprint density at radius 3 is 2.38 bits per heavy atom. The summed E-state index contributed by atoms with van der Waals surface area (Å²) in [4.78, 5) is 12.3.